The average molecular weight is 286 g/mol. The minimum absolute atomic E-state index is 0.0155. The fraction of sp³-hybridized carbons (Fsp3) is 0.867. The van der Waals surface area contributed by atoms with Crippen LogP contribution in [0.5, 0.6) is 0 Å². The molecule has 0 atom stereocenters. The number of aliphatic hydroxyl groups excluding tert-OH is 1. The molecule has 0 rings (SSSR count). The zero-order chi connectivity index (χ0) is 15.4. The van der Waals surface area contributed by atoms with Gasteiger partial charge in [0, 0.05) is 31.5 Å². The van der Waals surface area contributed by atoms with Gasteiger partial charge < -0.3 is 15.7 Å². The van der Waals surface area contributed by atoms with Crippen molar-refractivity contribution in [1.29, 1.82) is 0 Å². The van der Waals surface area contributed by atoms with Crippen LogP contribution < -0.4 is 10.6 Å². The first-order chi connectivity index (χ1) is 9.38. The first-order valence-corrected chi connectivity index (χ1v) is 7.54. The molecule has 0 aliphatic rings. The Hall–Kier alpha value is -1.10. The van der Waals surface area contributed by atoms with Crippen molar-refractivity contribution >= 4 is 11.8 Å². The molecule has 5 nitrogen and oxygen atoms in total. The lowest BCUT2D eigenvalue weighted by molar-refractivity contribution is -0.128. The molecular weight excluding hydrogens is 256 g/mol. The maximum absolute atomic E-state index is 11.6. The number of carbonyl (C=O) groups excluding carboxylic acids is 2. The Bertz CT molecular complexity index is 285. The number of unbranched alkanes of at least 4 members (excludes halogenated alkanes) is 3. The van der Waals surface area contributed by atoms with Gasteiger partial charge in [-0.25, -0.2) is 0 Å². The van der Waals surface area contributed by atoms with E-state index < -0.39 is 0 Å². The van der Waals surface area contributed by atoms with E-state index in [4.69, 9.17) is 5.11 Å². The highest BCUT2D eigenvalue weighted by atomic mass is 16.3. The van der Waals surface area contributed by atoms with Gasteiger partial charge in [-0.1, -0.05) is 33.6 Å². The number of hydrogen-bond donors (Lipinski definition) is 3. The van der Waals surface area contributed by atoms with E-state index in [1.54, 1.807) is 0 Å². The Morgan fingerprint density at radius 3 is 2.10 bits per heavy atom. The second-order valence-corrected chi connectivity index (χ2v) is 6.10. The smallest absolute Gasteiger partial charge is 0.225 e. The number of amides is 2. The molecule has 0 saturated heterocycles. The summed E-state index contributed by atoms with van der Waals surface area (Å²) >= 11 is 0. The van der Waals surface area contributed by atoms with Gasteiger partial charge in [-0.3, -0.25) is 9.59 Å². The van der Waals surface area contributed by atoms with E-state index in [-0.39, 0.29) is 23.8 Å². The van der Waals surface area contributed by atoms with E-state index in [1.807, 2.05) is 20.8 Å². The third kappa shape index (κ3) is 10.8. The summed E-state index contributed by atoms with van der Waals surface area (Å²) in [4.78, 5) is 23.1. The number of aliphatic hydroxyl groups is 1. The number of nitrogens with one attached hydrogen (secondary N) is 2. The molecule has 0 fully saturated rings. The highest BCUT2D eigenvalue weighted by molar-refractivity contribution is 5.81. The molecule has 0 radical (unpaired) electrons. The summed E-state index contributed by atoms with van der Waals surface area (Å²) in [5, 5.41) is 14.3. The topological polar surface area (TPSA) is 78.4 Å². The second kappa shape index (κ2) is 10.7. The van der Waals surface area contributed by atoms with Crippen LogP contribution in [0.2, 0.25) is 0 Å². The van der Waals surface area contributed by atoms with Gasteiger partial charge in [-0.15, -0.1) is 0 Å². The summed E-state index contributed by atoms with van der Waals surface area (Å²) < 4.78 is 0. The maximum Gasteiger partial charge on any atom is 0.225 e. The predicted molar refractivity (Wildman–Crippen MR) is 80.3 cm³/mol. The second-order valence-electron chi connectivity index (χ2n) is 6.10. The zero-order valence-corrected chi connectivity index (χ0v) is 13.1. The van der Waals surface area contributed by atoms with Crippen LogP contribution in [-0.2, 0) is 9.59 Å². The molecule has 0 aliphatic heterocycles. The normalized spacial score (nSPS) is 11.2. The van der Waals surface area contributed by atoms with E-state index in [0.29, 0.717) is 25.9 Å². The molecule has 5 heteroatoms. The molecule has 2 amide bonds. The minimum Gasteiger partial charge on any atom is -0.396 e. The average Bonchev–Trinajstić information content (AvgIpc) is 2.37. The summed E-state index contributed by atoms with van der Waals surface area (Å²) in [7, 11) is 0. The van der Waals surface area contributed by atoms with Crippen LogP contribution in [0.3, 0.4) is 0 Å². The molecule has 0 bridgehead atoms. The molecule has 0 aliphatic carbocycles. The highest BCUT2D eigenvalue weighted by Gasteiger charge is 2.20. The van der Waals surface area contributed by atoms with Crippen molar-refractivity contribution in [2.45, 2.75) is 59.3 Å². The first-order valence-electron chi connectivity index (χ1n) is 7.54. The van der Waals surface area contributed by atoms with Crippen LogP contribution in [0.4, 0.5) is 0 Å². The van der Waals surface area contributed by atoms with Crippen LogP contribution >= 0.6 is 0 Å². The summed E-state index contributed by atoms with van der Waals surface area (Å²) in [6, 6.07) is 0. The van der Waals surface area contributed by atoms with Crippen molar-refractivity contribution in [1.82, 2.24) is 10.6 Å². The van der Waals surface area contributed by atoms with Crippen molar-refractivity contribution in [3.05, 3.63) is 0 Å². The van der Waals surface area contributed by atoms with Crippen molar-refractivity contribution in [2.24, 2.45) is 5.41 Å². The SMILES string of the molecule is CC(C)(C)C(=O)NCCCC(=O)NCCCCCCO. The third-order valence-corrected chi connectivity index (χ3v) is 2.95. The van der Waals surface area contributed by atoms with Gasteiger partial charge in [-0.05, 0) is 19.3 Å². The van der Waals surface area contributed by atoms with Crippen LogP contribution in [0.15, 0.2) is 0 Å². The van der Waals surface area contributed by atoms with Crippen molar-refractivity contribution in [2.75, 3.05) is 19.7 Å². The predicted octanol–water partition coefficient (Wildman–Crippen LogP) is 1.60. The van der Waals surface area contributed by atoms with Gasteiger partial charge in [0.25, 0.3) is 0 Å². The quantitative estimate of drug-likeness (QED) is 0.534. The Kier molecular flexibility index (Phi) is 10.1. The molecule has 0 aromatic carbocycles. The van der Waals surface area contributed by atoms with E-state index in [9.17, 15) is 9.59 Å². The first kappa shape index (κ1) is 18.9. The van der Waals surface area contributed by atoms with Crippen LogP contribution in [0.25, 0.3) is 0 Å². The molecule has 3 N–H and O–H groups in total. The number of rotatable bonds is 10. The lowest BCUT2D eigenvalue weighted by atomic mass is 9.96. The highest BCUT2D eigenvalue weighted by Crippen LogP contribution is 2.12. The monoisotopic (exact) mass is 286 g/mol. The van der Waals surface area contributed by atoms with Crippen molar-refractivity contribution in [3.8, 4) is 0 Å². The molecule has 0 spiro atoms. The molecule has 0 saturated carbocycles. The van der Waals surface area contributed by atoms with Gasteiger partial charge >= 0.3 is 0 Å². The van der Waals surface area contributed by atoms with Gasteiger partial charge in [0.1, 0.15) is 0 Å². The molecule has 0 heterocycles. The van der Waals surface area contributed by atoms with Gasteiger partial charge in [-0.2, -0.15) is 0 Å². The Morgan fingerprint density at radius 1 is 0.900 bits per heavy atom. The van der Waals surface area contributed by atoms with E-state index >= 15 is 0 Å². The Labute approximate surface area is 122 Å². The largest absolute Gasteiger partial charge is 0.396 e. The van der Waals surface area contributed by atoms with Gasteiger partial charge in [0.05, 0.1) is 0 Å². The zero-order valence-electron chi connectivity index (χ0n) is 13.1. The molecule has 20 heavy (non-hydrogen) atoms. The van der Waals surface area contributed by atoms with Crippen LogP contribution in [0, 0.1) is 5.41 Å². The molecule has 0 aromatic rings. The standard InChI is InChI=1S/C15H30N2O3/c1-15(2,3)14(20)17-11-8-9-13(19)16-10-6-4-5-7-12-18/h18H,4-12H2,1-3H3,(H,16,19)(H,17,20). The fourth-order valence-electron chi connectivity index (χ4n) is 1.62. The summed E-state index contributed by atoms with van der Waals surface area (Å²) in [6.45, 7) is 7.08. The summed E-state index contributed by atoms with van der Waals surface area (Å²) in [6.07, 6.45) is 4.93. The molecular formula is C15H30N2O3. The molecule has 0 aromatic heterocycles. The summed E-state index contributed by atoms with van der Waals surface area (Å²) in [5.41, 5.74) is -0.378. The van der Waals surface area contributed by atoms with Crippen molar-refractivity contribution in [3.63, 3.8) is 0 Å². The fourth-order valence-corrected chi connectivity index (χ4v) is 1.62. The lowest BCUT2D eigenvalue weighted by Crippen LogP contribution is -2.35. The van der Waals surface area contributed by atoms with E-state index in [2.05, 4.69) is 10.6 Å². The van der Waals surface area contributed by atoms with Crippen molar-refractivity contribution < 1.29 is 14.7 Å². The lowest BCUT2D eigenvalue weighted by Gasteiger charge is -2.17. The van der Waals surface area contributed by atoms with Crippen LogP contribution in [0.1, 0.15) is 59.3 Å². The Morgan fingerprint density at radius 2 is 1.50 bits per heavy atom. The third-order valence-electron chi connectivity index (χ3n) is 2.95. The van der Waals surface area contributed by atoms with Gasteiger partial charge in [0.15, 0.2) is 0 Å². The maximum atomic E-state index is 11.6. The number of carbonyl (C=O) groups is 2. The minimum atomic E-state index is -0.378. The number of hydrogen-bond acceptors (Lipinski definition) is 3. The molecule has 0 unspecified atom stereocenters. The molecule has 118 valence electrons. The summed E-state index contributed by atoms with van der Waals surface area (Å²) in [5.74, 6) is 0.0546. The van der Waals surface area contributed by atoms with Gasteiger partial charge in [0.2, 0.25) is 11.8 Å². The van der Waals surface area contributed by atoms with E-state index in [0.717, 1.165) is 25.7 Å². The van der Waals surface area contributed by atoms with Crippen LogP contribution in [-0.4, -0.2) is 36.6 Å². The Balaban J connectivity index is 3.44. The van der Waals surface area contributed by atoms with E-state index in [1.165, 1.54) is 0 Å².